The van der Waals surface area contributed by atoms with Gasteiger partial charge < -0.3 is 5.32 Å². The largest absolute Gasteiger partial charge is 0.314 e. The second-order valence-electron chi connectivity index (χ2n) is 4.55. The van der Waals surface area contributed by atoms with Crippen LogP contribution in [-0.4, -0.2) is 12.6 Å². The Kier molecular flexibility index (Phi) is 3.81. The fourth-order valence-electron chi connectivity index (χ4n) is 2.76. The molecule has 2 unspecified atom stereocenters. The highest BCUT2D eigenvalue weighted by atomic mass is 32.1. The summed E-state index contributed by atoms with van der Waals surface area (Å²) in [7, 11) is 0. The van der Waals surface area contributed by atoms with E-state index in [0.29, 0.717) is 0 Å². The third-order valence-electron chi connectivity index (χ3n) is 3.51. The fraction of sp³-hybridized carbons (Fsp3) is 0.692. The molecule has 1 fully saturated rings. The first-order chi connectivity index (χ1) is 7.31. The smallest absolute Gasteiger partial charge is 0.00727 e. The van der Waals surface area contributed by atoms with Crippen LogP contribution in [0.5, 0.6) is 0 Å². The lowest BCUT2D eigenvalue weighted by molar-refractivity contribution is 0.344. The SMILES string of the molecule is CCNC1CCCC(c2ccsc2C)C1. The van der Waals surface area contributed by atoms with E-state index < -0.39 is 0 Å². The summed E-state index contributed by atoms with van der Waals surface area (Å²) in [4.78, 5) is 1.53. The molecule has 1 saturated carbocycles. The molecule has 1 aromatic heterocycles. The predicted octanol–water partition coefficient (Wildman–Crippen LogP) is 3.69. The number of rotatable bonds is 3. The van der Waals surface area contributed by atoms with Gasteiger partial charge in [-0.3, -0.25) is 0 Å². The lowest BCUT2D eigenvalue weighted by atomic mass is 9.81. The first kappa shape index (κ1) is 11.2. The Bertz CT molecular complexity index is 303. The number of hydrogen-bond acceptors (Lipinski definition) is 2. The van der Waals surface area contributed by atoms with Crippen molar-refractivity contribution < 1.29 is 0 Å². The highest BCUT2D eigenvalue weighted by Crippen LogP contribution is 2.36. The average molecular weight is 223 g/mol. The Balaban J connectivity index is 2.01. The molecule has 1 aromatic rings. The third kappa shape index (κ3) is 2.61. The molecule has 1 aliphatic carbocycles. The minimum absolute atomic E-state index is 0.757. The molecule has 84 valence electrons. The Morgan fingerprint density at radius 2 is 2.33 bits per heavy atom. The van der Waals surface area contributed by atoms with E-state index in [4.69, 9.17) is 0 Å². The van der Waals surface area contributed by atoms with Gasteiger partial charge in [-0.25, -0.2) is 0 Å². The van der Waals surface area contributed by atoms with Gasteiger partial charge in [0.2, 0.25) is 0 Å². The van der Waals surface area contributed by atoms with Gasteiger partial charge in [-0.05, 0) is 55.7 Å². The van der Waals surface area contributed by atoms with Crippen molar-refractivity contribution in [2.24, 2.45) is 0 Å². The molecule has 2 rings (SSSR count). The number of thiophene rings is 1. The standard InChI is InChI=1S/C13H21NS/c1-3-14-12-6-4-5-11(9-12)13-7-8-15-10(13)2/h7-8,11-12,14H,3-6,9H2,1-2H3. The quantitative estimate of drug-likeness (QED) is 0.824. The minimum atomic E-state index is 0.757. The van der Waals surface area contributed by atoms with E-state index in [1.165, 1.54) is 30.6 Å². The van der Waals surface area contributed by atoms with Crippen LogP contribution < -0.4 is 5.32 Å². The summed E-state index contributed by atoms with van der Waals surface area (Å²) in [6.45, 7) is 5.58. The molecular weight excluding hydrogens is 202 g/mol. The summed E-state index contributed by atoms with van der Waals surface area (Å²) in [5, 5.41) is 5.84. The zero-order valence-electron chi connectivity index (χ0n) is 9.75. The van der Waals surface area contributed by atoms with E-state index in [-0.39, 0.29) is 0 Å². The first-order valence-electron chi connectivity index (χ1n) is 6.08. The lowest BCUT2D eigenvalue weighted by Crippen LogP contribution is -2.33. The van der Waals surface area contributed by atoms with E-state index in [2.05, 4.69) is 30.6 Å². The van der Waals surface area contributed by atoms with Crippen LogP contribution in [0.1, 0.15) is 49.0 Å². The number of hydrogen-bond donors (Lipinski definition) is 1. The molecular formula is C13H21NS. The van der Waals surface area contributed by atoms with Crippen LogP contribution in [0.3, 0.4) is 0 Å². The van der Waals surface area contributed by atoms with Crippen molar-refractivity contribution in [3.63, 3.8) is 0 Å². The maximum Gasteiger partial charge on any atom is 0.00727 e. The molecule has 2 atom stereocenters. The molecule has 15 heavy (non-hydrogen) atoms. The highest BCUT2D eigenvalue weighted by molar-refractivity contribution is 7.10. The van der Waals surface area contributed by atoms with Crippen molar-refractivity contribution >= 4 is 11.3 Å². The minimum Gasteiger partial charge on any atom is -0.314 e. The van der Waals surface area contributed by atoms with E-state index in [1.807, 2.05) is 11.3 Å². The molecule has 0 aliphatic heterocycles. The maximum atomic E-state index is 3.60. The zero-order chi connectivity index (χ0) is 10.7. The van der Waals surface area contributed by atoms with Gasteiger partial charge in [0.1, 0.15) is 0 Å². The van der Waals surface area contributed by atoms with Gasteiger partial charge in [0.25, 0.3) is 0 Å². The number of aryl methyl sites for hydroxylation is 1. The third-order valence-corrected chi connectivity index (χ3v) is 4.37. The van der Waals surface area contributed by atoms with Crippen LogP contribution in [0, 0.1) is 6.92 Å². The van der Waals surface area contributed by atoms with Crippen LogP contribution in [-0.2, 0) is 0 Å². The zero-order valence-corrected chi connectivity index (χ0v) is 10.6. The topological polar surface area (TPSA) is 12.0 Å². The molecule has 1 heterocycles. The summed E-state index contributed by atoms with van der Waals surface area (Å²) in [6, 6.07) is 3.09. The van der Waals surface area contributed by atoms with E-state index >= 15 is 0 Å². The van der Waals surface area contributed by atoms with Gasteiger partial charge in [-0.1, -0.05) is 13.3 Å². The highest BCUT2D eigenvalue weighted by Gasteiger charge is 2.23. The Morgan fingerprint density at radius 3 is 3.00 bits per heavy atom. The Labute approximate surface area is 96.9 Å². The monoisotopic (exact) mass is 223 g/mol. The van der Waals surface area contributed by atoms with Crippen molar-refractivity contribution in [2.45, 2.75) is 51.5 Å². The van der Waals surface area contributed by atoms with E-state index in [9.17, 15) is 0 Å². The normalized spacial score (nSPS) is 26.8. The van der Waals surface area contributed by atoms with Gasteiger partial charge in [0, 0.05) is 10.9 Å². The molecule has 0 amide bonds. The van der Waals surface area contributed by atoms with E-state index in [1.54, 1.807) is 5.56 Å². The van der Waals surface area contributed by atoms with Crippen molar-refractivity contribution in [1.29, 1.82) is 0 Å². The Hall–Kier alpha value is -0.340. The summed E-state index contributed by atoms with van der Waals surface area (Å²) in [5.74, 6) is 0.814. The Morgan fingerprint density at radius 1 is 1.47 bits per heavy atom. The van der Waals surface area contributed by atoms with Gasteiger partial charge in [0.05, 0.1) is 0 Å². The summed E-state index contributed by atoms with van der Waals surface area (Å²) < 4.78 is 0. The molecule has 0 radical (unpaired) electrons. The van der Waals surface area contributed by atoms with Crippen molar-refractivity contribution in [1.82, 2.24) is 5.32 Å². The van der Waals surface area contributed by atoms with Gasteiger partial charge >= 0.3 is 0 Å². The molecule has 0 spiro atoms. The summed E-state index contributed by atoms with van der Waals surface area (Å²) in [6.07, 6.45) is 5.48. The number of nitrogens with one attached hydrogen (secondary N) is 1. The summed E-state index contributed by atoms with van der Waals surface area (Å²) in [5.41, 5.74) is 1.61. The molecule has 0 bridgehead atoms. The molecule has 0 aromatic carbocycles. The fourth-order valence-corrected chi connectivity index (χ4v) is 3.55. The second kappa shape index (κ2) is 5.13. The first-order valence-corrected chi connectivity index (χ1v) is 6.96. The van der Waals surface area contributed by atoms with Gasteiger partial charge in [0.15, 0.2) is 0 Å². The van der Waals surface area contributed by atoms with Crippen LogP contribution in [0.2, 0.25) is 0 Å². The van der Waals surface area contributed by atoms with Crippen molar-refractivity contribution in [3.8, 4) is 0 Å². The second-order valence-corrected chi connectivity index (χ2v) is 5.67. The summed E-state index contributed by atoms with van der Waals surface area (Å²) >= 11 is 1.89. The average Bonchev–Trinajstić information content (AvgIpc) is 2.65. The maximum absolute atomic E-state index is 3.60. The molecule has 1 N–H and O–H groups in total. The van der Waals surface area contributed by atoms with Gasteiger partial charge in [-0.15, -0.1) is 11.3 Å². The van der Waals surface area contributed by atoms with Crippen LogP contribution in [0.4, 0.5) is 0 Å². The molecule has 1 aliphatic rings. The molecule has 1 nitrogen and oxygen atoms in total. The van der Waals surface area contributed by atoms with Gasteiger partial charge in [-0.2, -0.15) is 0 Å². The molecule has 0 saturated heterocycles. The van der Waals surface area contributed by atoms with Crippen molar-refractivity contribution in [2.75, 3.05) is 6.54 Å². The lowest BCUT2D eigenvalue weighted by Gasteiger charge is -2.29. The van der Waals surface area contributed by atoms with Crippen LogP contribution in [0.25, 0.3) is 0 Å². The van der Waals surface area contributed by atoms with E-state index in [0.717, 1.165) is 18.5 Å². The predicted molar refractivity (Wildman–Crippen MR) is 67.7 cm³/mol. The van der Waals surface area contributed by atoms with Crippen LogP contribution in [0.15, 0.2) is 11.4 Å². The molecule has 2 heteroatoms. The van der Waals surface area contributed by atoms with Crippen LogP contribution >= 0.6 is 11.3 Å². The van der Waals surface area contributed by atoms with Crippen molar-refractivity contribution in [3.05, 3.63) is 21.9 Å².